The highest BCUT2D eigenvalue weighted by Gasteiger charge is 2.29. The molecule has 4 nitrogen and oxygen atoms in total. The van der Waals surface area contributed by atoms with Crippen LogP contribution in [-0.2, 0) is 9.59 Å². The molecule has 0 atom stereocenters. The summed E-state index contributed by atoms with van der Waals surface area (Å²) in [6.07, 6.45) is 1.85. The molecular weight excluding hydrogens is 180 g/mol. The predicted octanol–water partition coefficient (Wildman–Crippen LogP) is 0.244. The molecule has 1 heterocycles. The third kappa shape index (κ3) is 2.47. The Balaban J connectivity index is 2.50. The van der Waals surface area contributed by atoms with E-state index in [0.29, 0.717) is 26.2 Å². The molecular formula is C10H17N2O2. The van der Waals surface area contributed by atoms with Crippen LogP contribution in [0.3, 0.4) is 0 Å². The quantitative estimate of drug-likeness (QED) is 0.604. The van der Waals surface area contributed by atoms with Crippen molar-refractivity contribution in [1.29, 1.82) is 0 Å². The minimum Gasteiger partial charge on any atom is -0.339 e. The second kappa shape index (κ2) is 3.98. The van der Waals surface area contributed by atoms with Crippen LogP contribution in [0.4, 0.5) is 0 Å². The van der Waals surface area contributed by atoms with Crippen LogP contribution in [0.25, 0.3) is 0 Å². The molecule has 0 aromatic carbocycles. The summed E-state index contributed by atoms with van der Waals surface area (Å²) in [4.78, 5) is 25.5. The van der Waals surface area contributed by atoms with Crippen LogP contribution in [0.1, 0.15) is 20.8 Å². The van der Waals surface area contributed by atoms with Crippen molar-refractivity contribution < 1.29 is 9.59 Å². The zero-order chi connectivity index (χ0) is 10.8. The van der Waals surface area contributed by atoms with Crippen LogP contribution >= 0.6 is 0 Å². The van der Waals surface area contributed by atoms with Crippen molar-refractivity contribution in [2.24, 2.45) is 5.41 Å². The van der Waals surface area contributed by atoms with Gasteiger partial charge in [-0.3, -0.25) is 9.59 Å². The molecule has 1 radical (unpaired) electrons. The van der Waals surface area contributed by atoms with Gasteiger partial charge in [0.2, 0.25) is 5.91 Å². The summed E-state index contributed by atoms with van der Waals surface area (Å²) in [5, 5.41) is 0. The van der Waals surface area contributed by atoms with Crippen molar-refractivity contribution in [2.45, 2.75) is 20.8 Å². The fourth-order valence-corrected chi connectivity index (χ4v) is 1.48. The van der Waals surface area contributed by atoms with Gasteiger partial charge in [0.1, 0.15) is 0 Å². The number of nitrogens with zero attached hydrogens (tertiary/aromatic N) is 2. The molecule has 0 spiro atoms. The van der Waals surface area contributed by atoms with E-state index in [4.69, 9.17) is 0 Å². The first kappa shape index (κ1) is 11.0. The Morgan fingerprint density at radius 2 is 1.64 bits per heavy atom. The normalized spacial score (nSPS) is 18.2. The number of piperazine rings is 1. The van der Waals surface area contributed by atoms with Gasteiger partial charge in [-0.05, 0) is 0 Å². The molecule has 14 heavy (non-hydrogen) atoms. The molecule has 1 aliphatic rings. The average molecular weight is 197 g/mol. The zero-order valence-electron chi connectivity index (χ0n) is 9.04. The van der Waals surface area contributed by atoms with Gasteiger partial charge in [-0.2, -0.15) is 0 Å². The van der Waals surface area contributed by atoms with Gasteiger partial charge in [0.25, 0.3) is 0 Å². The van der Waals surface area contributed by atoms with Crippen LogP contribution in [0, 0.1) is 5.41 Å². The largest absolute Gasteiger partial charge is 0.339 e. The summed E-state index contributed by atoms with van der Waals surface area (Å²) in [6.45, 7) is 8.20. The van der Waals surface area contributed by atoms with Gasteiger partial charge in [-0.15, -0.1) is 0 Å². The number of hydrogen-bond donors (Lipinski definition) is 0. The predicted molar refractivity (Wildman–Crippen MR) is 53.3 cm³/mol. The number of hydrogen-bond acceptors (Lipinski definition) is 2. The minimum atomic E-state index is -0.326. The molecule has 1 saturated heterocycles. The Kier molecular flexibility index (Phi) is 3.13. The van der Waals surface area contributed by atoms with Gasteiger partial charge in [0.15, 0.2) is 0 Å². The lowest BCUT2D eigenvalue weighted by Gasteiger charge is -2.35. The van der Waals surface area contributed by atoms with Gasteiger partial charge in [-0.25, -0.2) is 0 Å². The molecule has 0 aromatic heterocycles. The standard InChI is InChI=1S/C10H17N2O2/c1-10(2,3)9(14)12-6-4-11(8-13)5-7-12/h4-7H2,1-3H3. The summed E-state index contributed by atoms with van der Waals surface area (Å²) >= 11 is 0. The van der Waals surface area contributed by atoms with Crippen LogP contribution in [0.15, 0.2) is 0 Å². The molecule has 0 N–H and O–H groups in total. The molecule has 1 rings (SSSR count). The van der Waals surface area contributed by atoms with E-state index >= 15 is 0 Å². The molecule has 2 amide bonds. The molecule has 79 valence electrons. The lowest BCUT2D eigenvalue weighted by Crippen LogP contribution is -2.51. The summed E-state index contributed by atoms with van der Waals surface area (Å²) in [5.74, 6) is 0.156. The number of rotatable bonds is 1. The fraction of sp³-hybridized carbons (Fsp3) is 0.800. The van der Waals surface area contributed by atoms with E-state index < -0.39 is 0 Å². The molecule has 0 unspecified atom stereocenters. The van der Waals surface area contributed by atoms with E-state index in [1.165, 1.54) is 0 Å². The molecule has 1 aliphatic heterocycles. The third-order valence-corrected chi connectivity index (χ3v) is 2.34. The monoisotopic (exact) mass is 197 g/mol. The Bertz CT molecular complexity index is 225. The van der Waals surface area contributed by atoms with E-state index in [1.54, 1.807) is 4.90 Å². The average Bonchev–Trinajstić information content (AvgIpc) is 2.15. The van der Waals surface area contributed by atoms with Crippen LogP contribution in [0.5, 0.6) is 0 Å². The highest BCUT2D eigenvalue weighted by atomic mass is 16.2. The zero-order valence-corrected chi connectivity index (χ0v) is 9.04. The SMILES string of the molecule is CC(C)(C)C(=O)N1CCN([C]=O)CC1. The second-order valence-corrected chi connectivity index (χ2v) is 4.62. The van der Waals surface area contributed by atoms with E-state index in [0.717, 1.165) is 0 Å². The highest BCUT2D eigenvalue weighted by molar-refractivity contribution is 5.81. The van der Waals surface area contributed by atoms with Crippen molar-refractivity contribution in [3.63, 3.8) is 0 Å². The van der Waals surface area contributed by atoms with E-state index in [2.05, 4.69) is 0 Å². The van der Waals surface area contributed by atoms with Crippen LogP contribution in [-0.4, -0.2) is 48.3 Å². The molecule has 1 fully saturated rings. The van der Waals surface area contributed by atoms with E-state index in [1.807, 2.05) is 32.1 Å². The van der Waals surface area contributed by atoms with Crippen LogP contribution in [0.2, 0.25) is 0 Å². The van der Waals surface area contributed by atoms with Gasteiger partial charge in [0, 0.05) is 31.6 Å². The smallest absolute Gasteiger partial charge is 0.312 e. The maximum atomic E-state index is 11.8. The number of amides is 2. The summed E-state index contributed by atoms with van der Waals surface area (Å²) < 4.78 is 0. The Hall–Kier alpha value is -1.06. The van der Waals surface area contributed by atoms with Crippen molar-refractivity contribution in [2.75, 3.05) is 26.2 Å². The van der Waals surface area contributed by atoms with Crippen molar-refractivity contribution in [1.82, 2.24) is 9.80 Å². The lowest BCUT2D eigenvalue weighted by molar-refractivity contribution is -0.140. The third-order valence-electron chi connectivity index (χ3n) is 2.34. The number of carbonyl (C=O) groups excluding carboxylic acids is 2. The van der Waals surface area contributed by atoms with Gasteiger partial charge in [0.05, 0.1) is 0 Å². The first-order valence-electron chi connectivity index (χ1n) is 4.87. The second-order valence-electron chi connectivity index (χ2n) is 4.62. The van der Waals surface area contributed by atoms with E-state index in [9.17, 15) is 9.59 Å². The lowest BCUT2D eigenvalue weighted by atomic mass is 9.94. The molecule has 0 bridgehead atoms. The van der Waals surface area contributed by atoms with Gasteiger partial charge >= 0.3 is 6.41 Å². The van der Waals surface area contributed by atoms with Gasteiger partial charge < -0.3 is 9.80 Å². The Labute approximate surface area is 84.9 Å². The summed E-state index contributed by atoms with van der Waals surface area (Å²) in [7, 11) is 0. The molecule has 4 heteroatoms. The Morgan fingerprint density at radius 1 is 1.14 bits per heavy atom. The topological polar surface area (TPSA) is 40.6 Å². The first-order chi connectivity index (χ1) is 6.45. The number of carbonyl (C=O) groups is 1. The molecule has 0 aromatic rings. The fourth-order valence-electron chi connectivity index (χ4n) is 1.48. The minimum absolute atomic E-state index is 0.156. The summed E-state index contributed by atoms with van der Waals surface area (Å²) in [5.41, 5.74) is -0.326. The summed E-state index contributed by atoms with van der Waals surface area (Å²) in [6, 6.07) is 0. The van der Waals surface area contributed by atoms with E-state index in [-0.39, 0.29) is 11.3 Å². The first-order valence-corrected chi connectivity index (χ1v) is 4.87. The molecule has 0 aliphatic carbocycles. The van der Waals surface area contributed by atoms with Gasteiger partial charge in [-0.1, -0.05) is 20.8 Å². The molecule has 0 saturated carbocycles. The van der Waals surface area contributed by atoms with Crippen molar-refractivity contribution >= 4 is 12.3 Å². The highest BCUT2D eigenvalue weighted by Crippen LogP contribution is 2.18. The maximum absolute atomic E-state index is 11.8. The van der Waals surface area contributed by atoms with Crippen molar-refractivity contribution in [3.8, 4) is 0 Å². The Morgan fingerprint density at radius 3 is 2.00 bits per heavy atom. The maximum Gasteiger partial charge on any atom is 0.312 e. The van der Waals surface area contributed by atoms with Crippen LogP contribution < -0.4 is 0 Å². The van der Waals surface area contributed by atoms with Crippen molar-refractivity contribution in [3.05, 3.63) is 0 Å².